The molecule has 1 saturated heterocycles. The number of aryl methyl sites for hydroxylation is 1. The summed E-state index contributed by atoms with van der Waals surface area (Å²) in [4.78, 5) is 37.7. The number of aromatic nitrogens is 5. The SMILES string of the molecule is Cc1cc([C@@H](C)Nc2ccc(Cl)nc2C(=O)NS(C)(=O)=O)c2nc(N3CCc4nn(CC5COC5)cc4C3)n(C)c(=O)c2c1. The minimum Gasteiger partial charge on any atom is -0.381 e. The molecule has 2 N–H and O–H groups in total. The second-order valence-electron chi connectivity index (χ2n) is 11.5. The van der Waals surface area contributed by atoms with Gasteiger partial charge < -0.3 is 15.0 Å². The van der Waals surface area contributed by atoms with Crippen molar-refractivity contribution >= 4 is 50.1 Å². The predicted molar refractivity (Wildman–Crippen MR) is 167 cm³/mol. The van der Waals surface area contributed by atoms with Crippen molar-refractivity contribution in [3.8, 4) is 0 Å². The molecule has 0 bridgehead atoms. The number of nitrogens with one attached hydrogen (secondary N) is 2. The number of sulfonamides is 1. The van der Waals surface area contributed by atoms with E-state index in [4.69, 9.17) is 26.4 Å². The summed E-state index contributed by atoms with van der Waals surface area (Å²) in [7, 11) is -2.10. The number of carbonyl (C=O) groups excluding carboxylic acids is 1. The second kappa shape index (κ2) is 11.5. The first-order valence-electron chi connectivity index (χ1n) is 14.2. The van der Waals surface area contributed by atoms with Crippen molar-refractivity contribution in [3.63, 3.8) is 0 Å². The molecule has 0 radical (unpaired) electrons. The predicted octanol–water partition coefficient (Wildman–Crippen LogP) is 2.56. The highest BCUT2D eigenvalue weighted by molar-refractivity contribution is 7.89. The lowest BCUT2D eigenvalue weighted by molar-refractivity contribution is -0.0408. The number of carbonyl (C=O) groups is 1. The monoisotopic (exact) mass is 640 g/mol. The third-order valence-corrected chi connectivity index (χ3v) is 8.63. The summed E-state index contributed by atoms with van der Waals surface area (Å²) >= 11 is 6.04. The molecule has 0 saturated carbocycles. The van der Waals surface area contributed by atoms with E-state index in [1.54, 1.807) is 17.7 Å². The summed E-state index contributed by atoms with van der Waals surface area (Å²) in [6.07, 6.45) is 3.70. The van der Waals surface area contributed by atoms with Gasteiger partial charge in [-0.25, -0.2) is 23.1 Å². The van der Waals surface area contributed by atoms with Crippen LogP contribution in [0.25, 0.3) is 10.9 Å². The Balaban J connectivity index is 1.34. The molecule has 2 aliphatic rings. The van der Waals surface area contributed by atoms with Crippen molar-refractivity contribution in [2.24, 2.45) is 13.0 Å². The van der Waals surface area contributed by atoms with Crippen LogP contribution >= 0.6 is 11.6 Å². The molecule has 6 rings (SSSR count). The molecule has 1 aromatic carbocycles. The van der Waals surface area contributed by atoms with E-state index in [2.05, 4.69) is 21.4 Å². The number of halogens is 1. The average Bonchev–Trinajstić information content (AvgIpc) is 3.34. The molecule has 3 aromatic heterocycles. The zero-order valence-electron chi connectivity index (χ0n) is 24.8. The topological polar surface area (TPSA) is 153 Å². The Bertz CT molecular complexity index is 1950. The highest BCUT2D eigenvalue weighted by Crippen LogP contribution is 2.30. The maximum atomic E-state index is 13.7. The first kappa shape index (κ1) is 30.0. The fourth-order valence-electron chi connectivity index (χ4n) is 5.70. The quantitative estimate of drug-likeness (QED) is 0.275. The normalized spacial score (nSPS) is 16.0. The largest absolute Gasteiger partial charge is 0.381 e. The van der Waals surface area contributed by atoms with E-state index in [0.29, 0.717) is 35.9 Å². The Morgan fingerprint density at radius 2 is 2.00 bits per heavy atom. The van der Waals surface area contributed by atoms with Crippen LogP contribution in [0.1, 0.15) is 45.8 Å². The van der Waals surface area contributed by atoms with Crippen LogP contribution in [0.15, 0.2) is 35.3 Å². The minimum atomic E-state index is -3.83. The first-order chi connectivity index (χ1) is 20.9. The fraction of sp³-hybridized carbons (Fsp3) is 0.414. The third kappa shape index (κ3) is 6.01. The van der Waals surface area contributed by atoms with E-state index in [9.17, 15) is 18.0 Å². The number of hydrogen-bond donors (Lipinski definition) is 2. The lowest BCUT2D eigenvalue weighted by atomic mass is 10.0. The average molecular weight is 641 g/mol. The molecule has 5 heterocycles. The summed E-state index contributed by atoms with van der Waals surface area (Å²) in [5, 5.41) is 8.54. The number of benzene rings is 1. The lowest BCUT2D eigenvalue weighted by Gasteiger charge is -2.29. The zero-order valence-corrected chi connectivity index (χ0v) is 26.4. The van der Waals surface area contributed by atoms with Gasteiger partial charge in [-0.2, -0.15) is 5.10 Å². The molecule has 0 unspecified atom stereocenters. The molecular formula is C29H33ClN8O5S. The fourth-order valence-corrected chi connectivity index (χ4v) is 6.28. The summed E-state index contributed by atoms with van der Waals surface area (Å²) < 4.78 is 34.3. The van der Waals surface area contributed by atoms with Crippen LogP contribution in [0.3, 0.4) is 0 Å². The van der Waals surface area contributed by atoms with Crippen molar-refractivity contribution < 1.29 is 17.9 Å². The van der Waals surface area contributed by atoms with Gasteiger partial charge in [0.2, 0.25) is 16.0 Å². The lowest BCUT2D eigenvalue weighted by Crippen LogP contribution is -2.36. The van der Waals surface area contributed by atoms with Crippen LogP contribution in [0, 0.1) is 12.8 Å². The zero-order chi connectivity index (χ0) is 31.3. The molecule has 13 nitrogen and oxygen atoms in total. The molecule has 232 valence electrons. The second-order valence-corrected chi connectivity index (χ2v) is 13.7. The van der Waals surface area contributed by atoms with E-state index in [1.807, 2.05) is 35.4 Å². The Hall–Kier alpha value is -4.01. The molecule has 44 heavy (non-hydrogen) atoms. The van der Waals surface area contributed by atoms with E-state index < -0.39 is 22.0 Å². The van der Waals surface area contributed by atoms with Gasteiger partial charge in [-0.3, -0.25) is 18.8 Å². The van der Waals surface area contributed by atoms with E-state index in [0.717, 1.165) is 54.8 Å². The number of pyridine rings is 1. The van der Waals surface area contributed by atoms with Gasteiger partial charge in [-0.1, -0.05) is 17.7 Å². The molecule has 0 aliphatic carbocycles. The number of hydrogen-bond acceptors (Lipinski definition) is 10. The van der Waals surface area contributed by atoms with E-state index in [-0.39, 0.29) is 22.1 Å². The molecule has 4 aromatic rings. The van der Waals surface area contributed by atoms with Crippen LogP contribution in [0.4, 0.5) is 11.6 Å². The Labute approximate surface area is 259 Å². The smallest absolute Gasteiger partial charge is 0.285 e. The van der Waals surface area contributed by atoms with Crippen LogP contribution < -0.4 is 20.5 Å². The number of nitrogens with zero attached hydrogens (tertiary/aromatic N) is 6. The number of anilines is 2. The van der Waals surface area contributed by atoms with Gasteiger partial charge in [-0.15, -0.1) is 0 Å². The highest BCUT2D eigenvalue weighted by Gasteiger charge is 2.27. The maximum absolute atomic E-state index is 13.7. The van der Waals surface area contributed by atoms with Crippen LogP contribution in [0.2, 0.25) is 5.15 Å². The summed E-state index contributed by atoms with van der Waals surface area (Å²) in [6.45, 7) is 7.36. The highest BCUT2D eigenvalue weighted by atomic mass is 35.5. The number of fused-ring (bicyclic) bond motifs is 2. The molecule has 1 atom stereocenters. The summed E-state index contributed by atoms with van der Waals surface area (Å²) in [5.41, 5.74) is 4.23. The number of ether oxygens (including phenoxy) is 1. The summed E-state index contributed by atoms with van der Waals surface area (Å²) in [5.74, 6) is 0.121. The third-order valence-electron chi connectivity index (χ3n) is 7.86. The van der Waals surface area contributed by atoms with Gasteiger partial charge >= 0.3 is 0 Å². The Kier molecular flexibility index (Phi) is 7.84. The van der Waals surface area contributed by atoms with Crippen molar-refractivity contribution in [3.05, 3.63) is 74.0 Å². The first-order valence-corrected chi connectivity index (χ1v) is 16.5. The van der Waals surface area contributed by atoms with Gasteiger partial charge in [-0.05, 0) is 37.6 Å². The van der Waals surface area contributed by atoms with Crippen molar-refractivity contribution in [1.29, 1.82) is 0 Å². The molecule has 2 aliphatic heterocycles. The van der Waals surface area contributed by atoms with Crippen LogP contribution in [0.5, 0.6) is 0 Å². The molecule has 1 amide bonds. The minimum absolute atomic E-state index is 0.0324. The van der Waals surface area contributed by atoms with Gasteiger partial charge in [0.1, 0.15) is 5.15 Å². The Morgan fingerprint density at radius 1 is 1.23 bits per heavy atom. The Morgan fingerprint density at radius 3 is 2.70 bits per heavy atom. The van der Waals surface area contributed by atoms with Crippen LogP contribution in [-0.4, -0.2) is 64.7 Å². The van der Waals surface area contributed by atoms with Gasteiger partial charge in [0.15, 0.2) is 5.69 Å². The number of rotatable bonds is 8. The van der Waals surface area contributed by atoms with E-state index >= 15 is 0 Å². The molecule has 1 fully saturated rings. The van der Waals surface area contributed by atoms with Gasteiger partial charge in [0.05, 0.1) is 47.8 Å². The maximum Gasteiger partial charge on any atom is 0.285 e. The summed E-state index contributed by atoms with van der Waals surface area (Å²) in [6, 6.07) is 6.36. The van der Waals surface area contributed by atoms with Crippen molar-refractivity contribution in [2.75, 3.05) is 36.2 Å². The standard InChI is InChI=1S/C29H33ClN8O5S/c1-16-9-20(17(2)31-23-5-6-24(30)32-26(23)27(39)35-44(4,41)42)25-21(10-16)28(40)36(3)29(33-25)37-8-7-22-19(12-37)13-38(34-22)11-18-14-43-15-18/h5-6,9-10,13,17-18,31H,7-8,11-12,14-15H2,1-4H3,(H,35,39)/t17-/m1/s1. The molecule has 0 spiro atoms. The van der Waals surface area contributed by atoms with Crippen molar-refractivity contribution in [1.82, 2.24) is 29.0 Å². The van der Waals surface area contributed by atoms with Gasteiger partial charge in [0, 0.05) is 56.3 Å². The molecule has 15 heteroatoms. The van der Waals surface area contributed by atoms with E-state index in [1.165, 1.54) is 6.07 Å². The van der Waals surface area contributed by atoms with Gasteiger partial charge in [0.25, 0.3) is 11.5 Å². The number of amides is 1. The molecular weight excluding hydrogens is 608 g/mol. The van der Waals surface area contributed by atoms with Crippen molar-refractivity contribution in [2.45, 2.75) is 39.4 Å². The van der Waals surface area contributed by atoms with Crippen LogP contribution in [-0.2, 0) is 41.3 Å².